The summed E-state index contributed by atoms with van der Waals surface area (Å²) in [5.41, 5.74) is 3.18. The first-order chi connectivity index (χ1) is 19.2. The monoisotopic (exact) mass is 554 g/mol. The van der Waals surface area contributed by atoms with Crippen molar-refractivity contribution in [2.24, 2.45) is 0 Å². The number of hydrogen-bond donors (Lipinski definition) is 3. The quantitative estimate of drug-likeness (QED) is 0.357. The number of esters is 1. The number of carbonyl (C=O) groups is 3. The predicted molar refractivity (Wildman–Crippen MR) is 145 cm³/mol. The summed E-state index contributed by atoms with van der Waals surface area (Å²) in [5, 5.41) is 20.3. The number of carboxylic acid groups (broad SMARTS) is 1. The number of rotatable bonds is 10. The van der Waals surface area contributed by atoms with Gasteiger partial charge in [0.2, 0.25) is 0 Å². The van der Waals surface area contributed by atoms with Crippen LogP contribution < -0.4 is 26.0 Å². The minimum Gasteiger partial charge on any atom is -0.548 e. The molecule has 1 saturated heterocycles. The van der Waals surface area contributed by atoms with Gasteiger partial charge in [0, 0.05) is 43.4 Å². The molecule has 4 heterocycles. The van der Waals surface area contributed by atoms with E-state index in [4.69, 9.17) is 9.72 Å². The number of fused-ring (bicyclic) bond motifs is 1. The van der Waals surface area contributed by atoms with Crippen molar-refractivity contribution in [3.8, 4) is 0 Å². The Balaban J connectivity index is 1.35. The number of carboxylic acids is 1. The molecule has 0 radical (unpaired) electrons. The molecule has 2 aromatic heterocycles. The molecule has 1 fully saturated rings. The zero-order chi connectivity index (χ0) is 28.6. The van der Waals surface area contributed by atoms with Crippen molar-refractivity contribution in [1.29, 1.82) is 0 Å². The summed E-state index contributed by atoms with van der Waals surface area (Å²) in [7, 11) is 1.22. The van der Waals surface area contributed by atoms with E-state index < -0.39 is 24.1 Å². The molecule has 0 aromatic carbocycles. The molecule has 3 N–H and O–H groups in total. The van der Waals surface area contributed by atoms with E-state index in [0.29, 0.717) is 17.6 Å². The molecule has 2 aromatic rings. The van der Waals surface area contributed by atoms with Gasteiger partial charge in [-0.3, -0.25) is 4.79 Å². The van der Waals surface area contributed by atoms with Crippen LogP contribution in [0.25, 0.3) is 0 Å². The highest BCUT2D eigenvalue weighted by atomic mass is 16.6. The molecular weight excluding hydrogens is 518 g/mol. The molecule has 13 heteroatoms. The van der Waals surface area contributed by atoms with Gasteiger partial charge in [-0.25, -0.2) is 19.7 Å². The van der Waals surface area contributed by atoms with E-state index in [0.717, 1.165) is 68.2 Å². The molecule has 1 atom stereocenters. The zero-order valence-corrected chi connectivity index (χ0v) is 23.1. The van der Waals surface area contributed by atoms with Crippen molar-refractivity contribution in [2.75, 3.05) is 55.4 Å². The summed E-state index contributed by atoms with van der Waals surface area (Å²) in [6, 6.07) is 2.96. The third-order valence-electron chi connectivity index (χ3n) is 7.18. The van der Waals surface area contributed by atoms with Crippen molar-refractivity contribution >= 4 is 35.5 Å². The minimum absolute atomic E-state index is 0.140. The number of carbonyl (C=O) groups excluding carboxylic acids is 3. The van der Waals surface area contributed by atoms with Crippen molar-refractivity contribution < 1.29 is 29.0 Å². The van der Waals surface area contributed by atoms with E-state index in [1.54, 1.807) is 6.92 Å². The molecule has 2 aliphatic rings. The first kappa shape index (κ1) is 28.8. The topological polar surface area (TPSA) is 171 Å². The third kappa shape index (κ3) is 7.27. The molecule has 0 unspecified atom stereocenters. The average molecular weight is 555 g/mol. The first-order valence-corrected chi connectivity index (χ1v) is 13.5. The number of methoxy groups -OCH3 is 1. The zero-order valence-electron chi connectivity index (χ0n) is 23.1. The second-order valence-electron chi connectivity index (χ2n) is 9.96. The number of ether oxygens (including phenoxy) is 2. The maximum absolute atomic E-state index is 12.0. The molecule has 0 spiro atoms. The molecule has 4 rings (SSSR count). The van der Waals surface area contributed by atoms with E-state index in [-0.39, 0.29) is 19.6 Å². The van der Waals surface area contributed by atoms with Crippen molar-refractivity contribution in [3.05, 3.63) is 34.8 Å². The molecule has 216 valence electrons. The van der Waals surface area contributed by atoms with Crippen LogP contribution in [-0.4, -0.2) is 78.9 Å². The third-order valence-corrected chi connectivity index (χ3v) is 7.18. The fourth-order valence-electron chi connectivity index (χ4n) is 4.96. The van der Waals surface area contributed by atoms with Crippen LogP contribution >= 0.6 is 0 Å². The van der Waals surface area contributed by atoms with Gasteiger partial charge in [-0.15, -0.1) is 0 Å². The van der Waals surface area contributed by atoms with Gasteiger partial charge in [0.25, 0.3) is 0 Å². The lowest BCUT2D eigenvalue weighted by Crippen LogP contribution is -2.51. The molecule has 2 aliphatic heterocycles. The van der Waals surface area contributed by atoms with Gasteiger partial charge in [0.05, 0.1) is 25.5 Å². The van der Waals surface area contributed by atoms with Crippen LogP contribution in [0.3, 0.4) is 0 Å². The van der Waals surface area contributed by atoms with Gasteiger partial charge in [0.15, 0.2) is 0 Å². The summed E-state index contributed by atoms with van der Waals surface area (Å²) in [6.45, 7) is 5.79. The number of aromatic nitrogens is 3. The minimum atomic E-state index is -1.49. The van der Waals surface area contributed by atoms with Crippen molar-refractivity contribution in [2.45, 2.75) is 57.9 Å². The number of nitrogens with zero attached hydrogens (tertiary/aromatic N) is 4. The summed E-state index contributed by atoms with van der Waals surface area (Å²) in [6.07, 6.45) is 2.95. The number of nitrogens with one attached hydrogen (secondary N) is 3. The van der Waals surface area contributed by atoms with E-state index in [1.807, 2.05) is 6.92 Å². The van der Waals surface area contributed by atoms with Gasteiger partial charge in [0.1, 0.15) is 29.9 Å². The van der Waals surface area contributed by atoms with Crippen LogP contribution in [-0.2, 0) is 25.5 Å². The lowest BCUT2D eigenvalue weighted by Gasteiger charge is -2.34. The van der Waals surface area contributed by atoms with E-state index in [1.165, 1.54) is 12.7 Å². The number of aryl methyl sites for hydroxylation is 2. The molecule has 0 aliphatic carbocycles. The highest BCUT2D eigenvalue weighted by molar-refractivity contribution is 5.79. The number of pyridine rings is 1. The lowest BCUT2D eigenvalue weighted by molar-refractivity contribution is -0.307. The number of amides is 1. The second-order valence-corrected chi connectivity index (χ2v) is 9.96. The van der Waals surface area contributed by atoms with Gasteiger partial charge in [-0.05, 0) is 51.2 Å². The Labute approximate surface area is 233 Å². The van der Waals surface area contributed by atoms with Crippen LogP contribution in [0.4, 0.5) is 22.2 Å². The van der Waals surface area contributed by atoms with Gasteiger partial charge < -0.3 is 40.2 Å². The fraction of sp³-hybridized carbons (Fsp3) is 0.556. The Kier molecular flexibility index (Phi) is 9.56. The van der Waals surface area contributed by atoms with Crippen molar-refractivity contribution in [3.63, 3.8) is 0 Å². The van der Waals surface area contributed by atoms with E-state index >= 15 is 0 Å². The van der Waals surface area contributed by atoms with Crippen LogP contribution in [0, 0.1) is 13.8 Å². The second kappa shape index (κ2) is 13.3. The van der Waals surface area contributed by atoms with Gasteiger partial charge in [-0.2, -0.15) is 0 Å². The summed E-state index contributed by atoms with van der Waals surface area (Å²) < 4.78 is 9.32. The normalized spacial score (nSPS) is 15.8. The van der Waals surface area contributed by atoms with Crippen LogP contribution in [0.1, 0.15) is 54.2 Å². The smallest absolute Gasteiger partial charge is 0.407 e. The summed E-state index contributed by atoms with van der Waals surface area (Å²) in [5.74, 6) is 1.14. The number of piperidine rings is 1. The average Bonchev–Trinajstić information content (AvgIpc) is 2.96. The first-order valence-electron chi connectivity index (χ1n) is 13.5. The van der Waals surface area contributed by atoms with Crippen LogP contribution in [0.15, 0.2) is 12.1 Å². The SMILES string of the molecule is COC(=O)CCOC(=O)N[C@@H](CNc1nc(C)nc(N2CCC(c3ccc4c(n3)NCCC4)CC2)c1C)C(=O)[O-]. The number of aliphatic carboxylic acids is 1. The molecule has 40 heavy (non-hydrogen) atoms. The molecule has 0 bridgehead atoms. The summed E-state index contributed by atoms with van der Waals surface area (Å²) >= 11 is 0. The highest BCUT2D eigenvalue weighted by Crippen LogP contribution is 2.33. The molecule has 1 amide bonds. The Morgan fingerprint density at radius 3 is 2.67 bits per heavy atom. The predicted octanol–water partition coefficient (Wildman–Crippen LogP) is 1.05. The lowest BCUT2D eigenvalue weighted by atomic mass is 9.92. The van der Waals surface area contributed by atoms with E-state index in [9.17, 15) is 19.5 Å². The molecule has 13 nitrogen and oxygen atoms in total. The molecular formula is C27H36N7O6-. The fourth-order valence-corrected chi connectivity index (χ4v) is 4.96. The van der Waals surface area contributed by atoms with Gasteiger partial charge in [-0.1, -0.05) is 6.07 Å². The Morgan fingerprint density at radius 1 is 1.18 bits per heavy atom. The number of anilines is 3. The summed E-state index contributed by atoms with van der Waals surface area (Å²) in [4.78, 5) is 51.0. The Bertz CT molecular complexity index is 1230. The molecule has 0 saturated carbocycles. The Hall–Kier alpha value is -4.16. The number of alkyl carbamates (subject to hydrolysis) is 1. The largest absolute Gasteiger partial charge is 0.548 e. The standard InChI is InChI=1S/C27H37N7O6/c1-16-23(29-15-21(26(36)37)33-27(38)40-14-10-22(35)39-3)30-17(2)31-25(16)34-12-8-18(9-13-34)20-7-6-19-5-4-11-28-24(19)32-20/h6-7,18,21H,4-5,8-15H2,1-3H3,(H,28,32)(H,33,38)(H,36,37)(H,29,30,31)/p-1/t21-/m0/s1. The Morgan fingerprint density at radius 2 is 1.95 bits per heavy atom. The highest BCUT2D eigenvalue weighted by Gasteiger charge is 2.26. The van der Waals surface area contributed by atoms with Crippen LogP contribution in [0.2, 0.25) is 0 Å². The van der Waals surface area contributed by atoms with Crippen LogP contribution in [0.5, 0.6) is 0 Å². The maximum Gasteiger partial charge on any atom is 0.407 e. The number of hydrogen-bond acceptors (Lipinski definition) is 12. The maximum atomic E-state index is 12.0. The van der Waals surface area contributed by atoms with E-state index in [2.05, 4.69) is 47.7 Å². The van der Waals surface area contributed by atoms with Crippen molar-refractivity contribution in [1.82, 2.24) is 20.3 Å². The van der Waals surface area contributed by atoms with Gasteiger partial charge >= 0.3 is 12.1 Å².